The highest BCUT2D eigenvalue weighted by atomic mass is 16.2. The van der Waals surface area contributed by atoms with Crippen LogP contribution in [0.1, 0.15) is 56.9 Å². The van der Waals surface area contributed by atoms with Crippen molar-refractivity contribution in [3.8, 4) is 0 Å². The number of hydrogen-bond acceptors (Lipinski definition) is 4. The van der Waals surface area contributed by atoms with Gasteiger partial charge in [0.1, 0.15) is 0 Å². The van der Waals surface area contributed by atoms with Crippen molar-refractivity contribution in [1.82, 2.24) is 25.7 Å². The Morgan fingerprint density at radius 3 is 2.67 bits per heavy atom. The fourth-order valence-corrected chi connectivity index (χ4v) is 3.72. The van der Waals surface area contributed by atoms with Crippen LogP contribution in [-0.4, -0.2) is 46.5 Å². The van der Waals surface area contributed by atoms with E-state index in [2.05, 4.69) is 20.8 Å². The summed E-state index contributed by atoms with van der Waals surface area (Å²) in [4.78, 5) is 26.9. The molecule has 1 saturated heterocycles. The molecular weight excluding hydrogens is 342 g/mol. The van der Waals surface area contributed by atoms with E-state index in [4.69, 9.17) is 0 Å². The lowest BCUT2D eigenvalue weighted by Crippen LogP contribution is -2.35. The average molecular weight is 367 g/mol. The lowest BCUT2D eigenvalue weighted by Gasteiger charge is -2.26. The summed E-state index contributed by atoms with van der Waals surface area (Å²) < 4.78 is 0. The number of fused-ring (bicyclic) bond motifs is 1. The van der Waals surface area contributed by atoms with E-state index in [1.54, 1.807) is 0 Å². The molecule has 2 aromatic rings. The molecule has 0 saturated carbocycles. The molecule has 0 bridgehead atoms. The van der Waals surface area contributed by atoms with Crippen molar-refractivity contribution < 1.29 is 9.59 Å². The number of amides is 2. The van der Waals surface area contributed by atoms with Crippen LogP contribution in [0.2, 0.25) is 0 Å². The van der Waals surface area contributed by atoms with Crippen LogP contribution in [-0.2, 0) is 19.5 Å². The number of H-pyrrole nitrogens is 1. The van der Waals surface area contributed by atoms with E-state index in [0.717, 1.165) is 55.7 Å². The molecule has 142 valence electrons. The SMILES string of the molecule is O=C(NCc1ccc(C(=O)N2CCCCC2)cc1)c1n[nH]c2c1CNCC2. The molecule has 4 rings (SSSR count). The summed E-state index contributed by atoms with van der Waals surface area (Å²) in [7, 11) is 0. The zero-order chi connectivity index (χ0) is 18.6. The molecule has 0 unspecified atom stereocenters. The topological polar surface area (TPSA) is 90.1 Å². The molecule has 2 aliphatic rings. The van der Waals surface area contributed by atoms with Gasteiger partial charge < -0.3 is 15.5 Å². The van der Waals surface area contributed by atoms with Crippen molar-refractivity contribution in [1.29, 1.82) is 0 Å². The van der Waals surface area contributed by atoms with E-state index in [1.807, 2.05) is 29.2 Å². The van der Waals surface area contributed by atoms with Crippen LogP contribution in [0.15, 0.2) is 24.3 Å². The van der Waals surface area contributed by atoms with Crippen LogP contribution in [0.4, 0.5) is 0 Å². The van der Waals surface area contributed by atoms with Crippen molar-refractivity contribution >= 4 is 11.8 Å². The maximum Gasteiger partial charge on any atom is 0.272 e. The number of nitrogens with zero attached hydrogens (tertiary/aromatic N) is 2. The first kappa shape index (κ1) is 17.7. The minimum atomic E-state index is -0.176. The first-order valence-electron chi connectivity index (χ1n) is 9.65. The Bertz CT molecular complexity index is 821. The van der Waals surface area contributed by atoms with Crippen molar-refractivity contribution in [2.75, 3.05) is 19.6 Å². The van der Waals surface area contributed by atoms with Gasteiger partial charge in [-0.2, -0.15) is 5.10 Å². The number of rotatable bonds is 4. The predicted octanol–water partition coefficient (Wildman–Crippen LogP) is 1.61. The van der Waals surface area contributed by atoms with Gasteiger partial charge >= 0.3 is 0 Å². The number of hydrogen-bond donors (Lipinski definition) is 3. The van der Waals surface area contributed by atoms with Gasteiger partial charge in [-0.05, 0) is 37.0 Å². The highest BCUT2D eigenvalue weighted by molar-refractivity contribution is 5.95. The third-order valence-corrected chi connectivity index (χ3v) is 5.32. The molecule has 2 aliphatic heterocycles. The highest BCUT2D eigenvalue weighted by Crippen LogP contribution is 2.16. The van der Waals surface area contributed by atoms with Crippen LogP contribution in [0.3, 0.4) is 0 Å². The van der Waals surface area contributed by atoms with Gasteiger partial charge in [0.2, 0.25) is 0 Å². The first-order valence-corrected chi connectivity index (χ1v) is 9.65. The van der Waals surface area contributed by atoms with Gasteiger partial charge in [0, 0.05) is 56.0 Å². The first-order chi connectivity index (χ1) is 13.2. The Hall–Kier alpha value is -2.67. The summed E-state index contributed by atoms with van der Waals surface area (Å²) in [6, 6.07) is 7.50. The summed E-state index contributed by atoms with van der Waals surface area (Å²) in [6.07, 6.45) is 4.24. The van der Waals surface area contributed by atoms with E-state index in [1.165, 1.54) is 6.42 Å². The monoisotopic (exact) mass is 367 g/mol. The van der Waals surface area contributed by atoms with Gasteiger partial charge in [0.05, 0.1) is 0 Å². The van der Waals surface area contributed by atoms with E-state index in [0.29, 0.717) is 24.3 Å². The van der Waals surface area contributed by atoms with E-state index >= 15 is 0 Å². The molecule has 1 fully saturated rings. The van der Waals surface area contributed by atoms with Crippen LogP contribution >= 0.6 is 0 Å². The summed E-state index contributed by atoms with van der Waals surface area (Å²) >= 11 is 0. The van der Waals surface area contributed by atoms with E-state index in [-0.39, 0.29) is 11.8 Å². The van der Waals surface area contributed by atoms with Crippen molar-refractivity contribution in [2.24, 2.45) is 0 Å². The number of benzene rings is 1. The second-order valence-corrected chi connectivity index (χ2v) is 7.19. The Morgan fingerprint density at radius 2 is 1.89 bits per heavy atom. The zero-order valence-electron chi connectivity index (χ0n) is 15.4. The number of likely N-dealkylation sites (tertiary alicyclic amines) is 1. The molecule has 7 nitrogen and oxygen atoms in total. The number of aromatic amines is 1. The van der Waals surface area contributed by atoms with E-state index < -0.39 is 0 Å². The zero-order valence-corrected chi connectivity index (χ0v) is 15.4. The van der Waals surface area contributed by atoms with Crippen molar-refractivity contribution in [3.05, 3.63) is 52.3 Å². The summed E-state index contributed by atoms with van der Waals surface area (Å²) in [6.45, 7) is 3.67. The lowest BCUT2D eigenvalue weighted by molar-refractivity contribution is 0.0724. The number of carbonyl (C=O) groups excluding carboxylic acids is 2. The van der Waals surface area contributed by atoms with Gasteiger partial charge in [0.25, 0.3) is 11.8 Å². The summed E-state index contributed by atoms with van der Waals surface area (Å²) in [5.74, 6) is -0.0781. The van der Waals surface area contributed by atoms with Crippen LogP contribution in [0.5, 0.6) is 0 Å². The minimum absolute atomic E-state index is 0.0981. The Balaban J connectivity index is 1.35. The molecule has 3 heterocycles. The molecule has 3 N–H and O–H groups in total. The minimum Gasteiger partial charge on any atom is -0.347 e. The molecule has 0 aliphatic carbocycles. The second kappa shape index (κ2) is 7.92. The Labute approximate surface area is 158 Å². The van der Waals surface area contributed by atoms with Gasteiger partial charge in [-0.25, -0.2) is 0 Å². The Kier molecular flexibility index (Phi) is 5.20. The van der Waals surface area contributed by atoms with Crippen molar-refractivity contribution in [3.63, 3.8) is 0 Å². The molecule has 7 heteroatoms. The third-order valence-electron chi connectivity index (χ3n) is 5.32. The third kappa shape index (κ3) is 3.88. The largest absolute Gasteiger partial charge is 0.347 e. The molecule has 0 radical (unpaired) electrons. The molecule has 0 spiro atoms. The smallest absolute Gasteiger partial charge is 0.272 e. The van der Waals surface area contributed by atoms with Crippen molar-refractivity contribution in [2.45, 2.75) is 38.8 Å². The standard InChI is InChI=1S/C20H25N5O2/c26-19(18-16-13-21-9-8-17(16)23-24-18)22-12-14-4-6-15(7-5-14)20(27)25-10-2-1-3-11-25/h4-7,21H,1-3,8-13H2,(H,22,26)(H,23,24). The van der Waals surface area contributed by atoms with Gasteiger partial charge in [-0.1, -0.05) is 12.1 Å². The number of nitrogens with one attached hydrogen (secondary N) is 3. The second-order valence-electron chi connectivity index (χ2n) is 7.19. The molecule has 0 atom stereocenters. The molecule has 2 amide bonds. The normalized spacial score (nSPS) is 16.7. The predicted molar refractivity (Wildman–Crippen MR) is 101 cm³/mol. The highest BCUT2D eigenvalue weighted by Gasteiger charge is 2.21. The fourth-order valence-electron chi connectivity index (χ4n) is 3.72. The maximum atomic E-state index is 12.5. The molecular formula is C20H25N5O2. The average Bonchev–Trinajstić information content (AvgIpc) is 3.17. The summed E-state index contributed by atoms with van der Waals surface area (Å²) in [5.41, 5.74) is 4.13. The lowest BCUT2D eigenvalue weighted by atomic mass is 10.1. The van der Waals surface area contributed by atoms with Crippen LogP contribution in [0.25, 0.3) is 0 Å². The van der Waals surface area contributed by atoms with E-state index in [9.17, 15) is 9.59 Å². The van der Waals surface area contributed by atoms with Gasteiger partial charge in [0.15, 0.2) is 5.69 Å². The van der Waals surface area contributed by atoms with Crippen LogP contribution in [0, 0.1) is 0 Å². The fraction of sp³-hybridized carbons (Fsp3) is 0.450. The molecule has 1 aromatic heterocycles. The Morgan fingerprint density at radius 1 is 1.11 bits per heavy atom. The van der Waals surface area contributed by atoms with Gasteiger partial charge in [-0.3, -0.25) is 14.7 Å². The summed E-state index contributed by atoms with van der Waals surface area (Å²) in [5, 5.41) is 13.3. The maximum absolute atomic E-state index is 12.5. The number of aromatic nitrogens is 2. The number of piperidine rings is 1. The van der Waals surface area contributed by atoms with Gasteiger partial charge in [-0.15, -0.1) is 0 Å². The molecule has 27 heavy (non-hydrogen) atoms. The molecule has 1 aromatic carbocycles. The quantitative estimate of drug-likeness (QED) is 0.766. The van der Waals surface area contributed by atoms with Crippen LogP contribution < -0.4 is 10.6 Å². The number of carbonyl (C=O) groups is 2.